The molecule has 0 aliphatic carbocycles. The number of nitro groups is 1. The van der Waals surface area contributed by atoms with Crippen molar-refractivity contribution in [3.63, 3.8) is 0 Å². The van der Waals surface area contributed by atoms with Gasteiger partial charge in [-0.15, -0.1) is 0 Å². The number of carboxylic acid groups (broad SMARTS) is 2. The second-order valence-corrected chi connectivity index (χ2v) is 5.65. The molecule has 0 saturated carbocycles. The number of nitro benzene ring substituents is 1. The van der Waals surface area contributed by atoms with E-state index in [0.29, 0.717) is 0 Å². The lowest BCUT2D eigenvalue weighted by atomic mass is 10.1. The van der Waals surface area contributed by atoms with Crippen molar-refractivity contribution in [2.24, 2.45) is 0 Å². The van der Waals surface area contributed by atoms with Crippen molar-refractivity contribution >= 4 is 17.6 Å². The molecular weight excluding hydrogens is 330 g/mol. The summed E-state index contributed by atoms with van der Waals surface area (Å²) in [7, 11) is 8.56. The topological polar surface area (TPSA) is 132 Å². The van der Waals surface area contributed by atoms with Gasteiger partial charge in [-0.2, -0.15) is 0 Å². The molecule has 0 spiro atoms. The fourth-order valence-corrected chi connectivity index (χ4v) is 1.08. The van der Waals surface area contributed by atoms with Crippen LogP contribution in [0.25, 0.3) is 0 Å². The summed E-state index contributed by atoms with van der Waals surface area (Å²) in [5.41, 5.74) is -2.59. The first-order valence-electron chi connectivity index (χ1n) is 7.77. The summed E-state index contributed by atoms with van der Waals surface area (Å²) in [6, 6.07) is 2.82. The summed E-state index contributed by atoms with van der Waals surface area (Å²) >= 11 is 0. The molecule has 1 aromatic carbocycles. The Morgan fingerprint density at radius 2 is 1.36 bits per heavy atom. The lowest BCUT2D eigenvalue weighted by Gasteiger charge is -2.10. The van der Waals surface area contributed by atoms with Crippen LogP contribution in [0.2, 0.25) is 0 Å². The van der Waals surface area contributed by atoms with E-state index in [1.807, 2.05) is 0 Å². The number of carbonyl (C=O) groups excluding carboxylic acids is 2. The van der Waals surface area contributed by atoms with Crippen LogP contribution in [-0.2, 0) is 0 Å². The molecule has 1 rings (SSSR count). The molecule has 0 aliphatic rings. The number of rotatable bonds is 5. The zero-order valence-electron chi connectivity index (χ0n) is 15.5. The van der Waals surface area contributed by atoms with Gasteiger partial charge in [-0.1, -0.05) is 12.1 Å². The normalized spacial score (nSPS) is 9.60. The number of nitrogens with zero attached hydrogens (tertiary/aromatic N) is 1. The van der Waals surface area contributed by atoms with Crippen molar-refractivity contribution in [3.05, 3.63) is 39.4 Å². The molecule has 0 aliphatic heterocycles. The van der Waals surface area contributed by atoms with Gasteiger partial charge in [0.1, 0.15) is 0 Å². The highest BCUT2D eigenvalue weighted by molar-refractivity contribution is 6.03. The quantitative estimate of drug-likeness (QED) is 0.417. The van der Waals surface area contributed by atoms with Gasteiger partial charge in [-0.3, -0.25) is 10.1 Å². The van der Waals surface area contributed by atoms with Crippen LogP contribution in [0.4, 0.5) is 5.69 Å². The van der Waals surface area contributed by atoms with Gasteiger partial charge >= 0.3 is 0 Å². The standard InChI is InChI=1S/C8H5NO6.2C4H11N/c10-7(11)4-2-1-3-5(9(14)15)6(4)8(12)13;2*1-4-5(2)3/h1-3H,(H,10,11)(H,12,13);2*4H2,1-3H3. The van der Waals surface area contributed by atoms with Crippen molar-refractivity contribution in [1.82, 2.24) is 0 Å². The molecule has 0 unspecified atom stereocenters. The number of quaternary nitrogens is 2. The Morgan fingerprint density at radius 3 is 1.60 bits per heavy atom. The summed E-state index contributed by atoms with van der Waals surface area (Å²) in [6.45, 7) is 6.77. The first kappa shape index (κ1) is 24.7. The second kappa shape index (κ2) is 12.8. The minimum Gasteiger partial charge on any atom is -0.545 e. The van der Waals surface area contributed by atoms with Gasteiger partial charge in [0, 0.05) is 11.6 Å². The van der Waals surface area contributed by atoms with Crippen LogP contribution in [0.5, 0.6) is 0 Å². The van der Waals surface area contributed by atoms with Crippen molar-refractivity contribution < 1.29 is 34.5 Å². The monoisotopic (exact) mass is 357 g/mol. The van der Waals surface area contributed by atoms with Crippen LogP contribution in [0.15, 0.2) is 18.2 Å². The number of nitrogens with one attached hydrogen (secondary N) is 2. The Bertz CT molecular complexity index is 533. The maximum atomic E-state index is 10.5. The molecule has 0 heterocycles. The third-order valence-corrected chi connectivity index (χ3v) is 3.08. The molecule has 25 heavy (non-hydrogen) atoms. The summed E-state index contributed by atoms with van der Waals surface area (Å²) in [5, 5.41) is 31.4. The Morgan fingerprint density at radius 1 is 0.960 bits per heavy atom. The maximum absolute atomic E-state index is 10.5. The van der Waals surface area contributed by atoms with E-state index in [1.54, 1.807) is 0 Å². The molecule has 0 bridgehead atoms. The lowest BCUT2D eigenvalue weighted by Crippen LogP contribution is -3.05. The predicted molar refractivity (Wildman–Crippen MR) is 88.5 cm³/mol. The van der Waals surface area contributed by atoms with Gasteiger partial charge in [0.05, 0.1) is 63.7 Å². The SMILES string of the molecule is CC[NH+](C)C.CC[NH+](C)C.O=C([O-])c1cccc([N+](=O)[O-])c1C(=O)[O-]. The highest BCUT2D eigenvalue weighted by Crippen LogP contribution is 2.21. The minimum absolute atomic E-state index is 0.774. The number of hydrogen-bond donors (Lipinski definition) is 2. The number of hydrogen-bond acceptors (Lipinski definition) is 6. The molecule has 0 fully saturated rings. The molecule has 0 aromatic heterocycles. The largest absolute Gasteiger partial charge is 0.545 e. The van der Waals surface area contributed by atoms with Crippen LogP contribution < -0.4 is 20.0 Å². The van der Waals surface area contributed by atoms with E-state index in [1.165, 1.54) is 22.9 Å². The number of carbonyl (C=O) groups is 2. The first-order chi connectivity index (χ1) is 11.5. The fourth-order valence-electron chi connectivity index (χ4n) is 1.08. The first-order valence-corrected chi connectivity index (χ1v) is 7.77. The van der Waals surface area contributed by atoms with Crippen molar-refractivity contribution in [3.8, 4) is 0 Å². The molecule has 1 aromatic rings. The zero-order chi connectivity index (χ0) is 20.2. The van der Waals surface area contributed by atoms with Crippen LogP contribution in [-0.4, -0.2) is 58.1 Å². The smallest absolute Gasteiger partial charge is 0.279 e. The van der Waals surface area contributed by atoms with E-state index in [2.05, 4.69) is 42.0 Å². The van der Waals surface area contributed by atoms with Crippen LogP contribution in [0, 0.1) is 10.1 Å². The van der Waals surface area contributed by atoms with E-state index in [9.17, 15) is 29.9 Å². The van der Waals surface area contributed by atoms with E-state index in [0.717, 1.165) is 18.2 Å². The van der Waals surface area contributed by atoms with Crippen molar-refractivity contribution in [2.45, 2.75) is 13.8 Å². The highest BCUT2D eigenvalue weighted by atomic mass is 16.6. The number of aromatic carboxylic acids is 2. The average Bonchev–Trinajstić information content (AvgIpc) is 2.54. The maximum Gasteiger partial charge on any atom is 0.279 e. The molecule has 0 amide bonds. The molecular formula is C16H27N3O6. The van der Waals surface area contributed by atoms with E-state index < -0.39 is 33.7 Å². The molecule has 142 valence electrons. The van der Waals surface area contributed by atoms with E-state index >= 15 is 0 Å². The summed E-state index contributed by atoms with van der Waals surface area (Å²) in [5.74, 6) is -3.74. The summed E-state index contributed by atoms with van der Waals surface area (Å²) < 4.78 is 0. The van der Waals surface area contributed by atoms with Crippen LogP contribution in [0.3, 0.4) is 0 Å². The third-order valence-electron chi connectivity index (χ3n) is 3.08. The van der Waals surface area contributed by atoms with Gasteiger partial charge < -0.3 is 29.6 Å². The second-order valence-electron chi connectivity index (χ2n) is 5.65. The molecule has 9 nitrogen and oxygen atoms in total. The van der Waals surface area contributed by atoms with Gasteiger partial charge in [0.15, 0.2) is 0 Å². The van der Waals surface area contributed by atoms with Gasteiger partial charge in [-0.25, -0.2) is 0 Å². The third kappa shape index (κ3) is 10.8. The minimum atomic E-state index is -1.93. The van der Waals surface area contributed by atoms with Gasteiger partial charge in [-0.05, 0) is 13.8 Å². The average molecular weight is 357 g/mol. The van der Waals surface area contributed by atoms with Crippen molar-refractivity contribution in [2.75, 3.05) is 41.3 Å². The molecule has 0 saturated heterocycles. The van der Waals surface area contributed by atoms with E-state index in [4.69, 9.17) is 0 Å². The zero-order valence-corrected chi connectivity index (χ0v) is 15.5. The Labute approximate surface area is 147 Å². The Kier molecular flexibility index (Phi) is 12.7. The Hall–Kier alpha value is -2.52. The Balaban J connectivity index is 0. The molecule has 0 radical (unpaired) electrons. The number of carboxylic acids is 2. The van der Waals surface area contributed by atoms with Gasteiger partial charge in [0.2, 0.25) is 0 Å². The van der Waals surface area contributed by atoms with E-state index in [-0.39, 0.29) is 0 Å². The van der Waals surface area contributed by atoms with Crippen LogP contribution in [0.1, 0.15) is 34.6 Å². The fraction of sp³-hybridized carbons (Fsp3) is 0.500. The number of benzene rings is 1. The summed E-state index contributed by atoms with van der Waals surface area (Å²) in [6.07, 6.45) is 0. The lowest BCUT2D eigenvalue weighted by molar-refractivity contribution is -0.856. The highest BCUT2D eigenvalue weighted by Gasteiger charge is 2.18. The molecule has 9 heteroatoms. The van der Waals surface area contributed by atoms with Crippen molar-refractivity contribution in [1.29, 1.82) is 0 Å². The molecule has 2 N–H and O–H groups in total. The summed E-state index contributed by atoms with van der Waals surface area (Å²) in [4.78, 5) is 33.4. The van der Waals surface area contributed by atoms with Crippen LogP contribution >= 0.6 is 0 Å². The predicted octanol–water partition coefficient (Wildman–Crippen LogP) is -3.38. The molecule has 0 atom stereocenters. The van der Waals surface area contributed by atoms with Gasteiger partial charge in [0.25, 0.3) is 5.69 Å².